The maximum Gasteiger partial charge on any atom is 0.253 e. The van der Waals surface area contributed by atoms with Crippen LogP contribution in [0, 0.1) is 0 Å². The number of hydrogen-bond donors (Lipinski definition) is 0. The van der Waals surface area contributed by atoms with Crippen molar-refractivity contribution in [1.29, 1.82) is 0 Å². The lowest BCUT2D eigenvalue weighted by Gasteiger charge is -2.10. The molecule has 0 fully saturated rings. The number of aromatic nitrogens is 3. The second-order valence-corrected chi connectivity index (χ2v) is 7.44. The van der Waals surface area contributed by atoms with Crippen LogP contribution in [0.5, 0.6) is 0 Å². The number of nitrogens with zero attached hydrogens (tertiary/aromatic N) is 4. The predicted molar refractivity (Wildman–Crippen MR) is 105 cm³/mol. The van der Waals surface area contributed by atoms with Gasteiger partial charge in [-0.2, -0.15) is 0 Å². The number of thioether (sulfide) groups is 1. The maximum atomic E-state index is 11.9. The van der Waals surface area contributed by atoms with E-state index in [0.29, 0.717) is 10.6 Å². The van der Waals surface area contributed by atoms with Crippen molar-refractivity contribution >= 4 is 29.3 Å². The second-order valence-electron chi connectivity index (χ2n) is 6.06. The number of hydrogen-bond acceptors (Lipinski definition) is 4. The summed E-state index contributed by atoms with van der Waals surface area (Å²) in [5.41, 5.74) is 2.79. The van der Waals surface area contributed by atoms with Gasteiger partial charge in [0, 0.05) is 43.0 Å². The molecule has 1 aromatic heterocycles. The summed E-state index contributed by atoms with van der Waals surface area (Å²) >= 11 is 7.55. The number of amides is 1. The van der Waals surface area contributed by atoms with Crippen LogP contribution in [0.2, 0.25) is 5.02 Å². The Morgan fingerprint density at radius 2 is 1.73 bits per heavy atom. The lowest BCUT2D eigenvalue weighted by Crippen LogP contribution is -2.21. The summed E-state index contributed by atoms with van der Waals surface area (Å²) in [5.74, 6) is 1.56. The number of halogens is 1. The Kier molecular flexibility index (Phi) is 5.64. The summed E-state index contributed by atoms with van der Waals surface area (Å²) in [6, 6.07) is 15.2. The third-order valence-electron chi connectivity index (χ3n) is 3.91. The van der Waals surface area contributed by atoms with Gasteiger partial charge in [-0.15, -0.1) is 10.2 Å². The predicted octanol–water partition coefficient (Wildman–Crippen LogP) is 4.13. The van der Waals surface area contributed by atoms with Gasteiger partial charge in [-0.05, 0) is 42.0 Å². The van der Waals surface area contributed by atoms with Gasteiger partial charge in [-0.25, -0.2) is 0 Å². The molecule has 0 aliphatic heterocycles. The van der Waals surface area contributed by atoms with Gasteiger partial charge in [0.1, 0.15) is 0 Å². The third kappa shape index (κ3) is 4.08. The Hall–Kier alpha value is -2.31. The summed E-state index contributed by atoms with van der Waals surface area (Å²) in [6.45, 7) is 0. The normalized spacial score (nSPS) is 10.8. The number of rotatable bonds is 5. The second kappa shape index (κ2) is 7.93. The van der Waals surface area contributed by atoms with E-state index < -0.39 is 0 Å². The molecule has 0 radical (unpaired) electrons. The minimum absolute atomic E-state index is 0.00473. The summed E-state index contributed by atoms with van der Waals surface area (Å²) < 4.78 is 1.97. The largest absolute Gasteiger partial charge is 0.345 e. The van der Waals surface area contributed by atoms with E-state index in [0.717, 1.165) is 27.9 Å². The topological polar surface area (TPSA) is 51.0 Å². The minimum Gasteiger partial charge on any atom is -0.345 e. The van der Waals surface area contributed by atoms with Crippen molar-refractivity contribution in [2.45, 2.75) is 10.9 Å². The van der Waals surface area contributed by atoms with Gasteiger partial charge in [-0.3, -0.25) is 4.79 Å². The van der Waals surface area contributed by atoms with Crippen LogP contribution in [-0.2, 0) is 12.8 Å². The quantitative estimate of drug-likeness (QED) is 0.618. The SMILES string of the molecule is CN(C)C(=O)c1ccc(CSc2nnc(-c3ccc(Cl)cc3)n2C)cc1. The van der Waals surface area contributed by atoms with Crippen molar-refractivity contribution in [2.24, 2.45) is 7.05 Å². The van der Waals surface area contributed by atoms with Crippen LogP contribution in [0.3, 0.4) is 0 Å². The van der Waals surface area contributed by atoms with Crippen LogP contribution in [0.15, 0.2) is 53.7 Å². The molecule has 0 saturated carbocycles. The summed E-state index contributed by atoms with van der Waals surface area (Å²) in [6.07, 6.45) is 0. The van der Waals surface area contributed by atoms with Crippen molar-refractivity contribution in [3.63, 3.8) is 0 Å². The molecule has 0 aliphatic carbocycles. The zero-order valence-electron chi connectivity index (χ0n) is 14.8. The first-order chi connectivity index (χ1) is 12.5. The first-order valence-corrected chi connectivity index (χ1v) is 9.41. The van der Waals surface area contributed by atoms with Crippen molar-refractivity contribution in [3.8, 4) is 11.4 Å². The van der Waals surface area contributed by atoms with Gasteiger partial charge in [0.05, 0.1) is 0 Å². The fourth-order valence-electron chi connectivity index (χ4n) is 2.44. The molecule has 0 N–H and O–H groups in total. The molecule has 3 rings (SSSR count). The monoisotopic (exact) mass is 386 g/mol. The molecule has 0 bridgehead atoms. The molecular weight excluding hydrogens is 368 g/mol. The van der Waals surface area contributed by atoms with Crippen molar-refractivity contribution in [1.82, 2.24) is 19.7 Å². The fraction of sp³-hybridized carbons (Fsp3) is 0.211. The van der Waals surface area contributed by atoms with E-state index in [1.54, 1.807) is 30.8 Å². The zero-order valence-corrected chi connectivity index (χ0v) is 16.4. The zero-order chi connectivity index (χ0) is 18.7. The van der Waals surface area contributed by atoms with E-state index in [1.165, 1.54) is 0 Å². The Morgan fingerprint density at radius 1 is 1.08 bits per heavy atom. The molecule has 5 nitrogen and oxygen atoms in total. The van der Waals surface area contributed by atoms with Gasteiger partial charge >= 0.3 is 0 Å². The molecule has 1 amide bonds. The molecular formula is C19H19ClN4OS. The minimum atomic E-state index is 0.00473. The number of benzene rings is 2. The van der Waals surface area contributed by atoms with Gasteiger partial charge in [0.2, 0.25) is 0 Å². The van der Waals surface area contributed by atoms with Crippen LogP contribution in [-0.4, -0.2) is 39.7 Å². The van der Waals surface area contributed by atoms with E-state index >= 15 is 0 Å². The van der Waals surface area contributed by atoms with Crippen molar-refractivity contribution in [3.05, 3.63) is 64.7 Å². The molecule has 7 heteroatoms. The standard InChI is InChI=1S/C19H19ClN4OS/c1-23(2)18(25)15-6-4-13(5-7-15)12-26-19-22-21-17(24(19)3)14-8-10-16(20)11-9-14/h4-11H,12H2,1-3H3. The first-order valence-electron chi connectivity index (χ1n) is 8.04. The molecule has 2 aromatic carbocycles. The molecule has 1 heterocycles. The summed E-state index contributed by atoms with van der Waals surface area (Å²) in [7, 11) is 5.45. The van der Waals surface area contributed by atoms with E-state index in [1.807, 2.05) is 60.1 Å². The average Bonchev–Trinajstić information content (AvgIpc) is 3.01. The van der Waals surface area contributed by atoms with Crippen LogP contribution in [0.25, 0.3) is 11.4 Å². The highest BCUT2D eigenvalue weighted by atomic mass is 35.5. The summed E-state index contributed by atoms with van der Waals surface area (Å²) in [4.78, 5) is 13.5. The van der Waals surface area contributed by atoms with Crippen molar-refractivity contribution < 1.29 is 4.79 Å². The highest BCUT2D eigenvalue weighted by molar-refractivity contribution is 7.98. The van der Waals surface area contributed by atoms with Crippen LogP contribution in [0.1, 0.15) is 15.9 Å². The van der Waals surface area contributed by atoms with E-state index in [9.17, 15) is 4.79 Å². The molecule has 0 atom stereocenters. The van der Waals surface area contributed by atoms with Crippen LogP contribution in [0.4, 0.5) is 0 Å². The van der Waals surface area contributed by atoms with Gasteiger partial charge < -0.3 is 9.47 Å². The molecule has 0 saturated heterocycles. The highest BCUT2D eigenvalue weighted by Gasteiger charge is 2.12. The Labute approximate surface area is 162 Å². The molecule has 0 spiro atoms. The molecule has 0 aliphatic rings. The van der Waals surface area contributed by atoms with E-state index in [2.05, 4.69) is 10.2 Å². The Balaban J connectivity index is 1.69. The van der Waals surface area contributed by atoms with Crippen LogP contribution >= 0.6 is 23.4 Å². The fourth-order valence-corrected chi connectivity index (χ4v) is 3.43. The van der Waals surface area contributed by atoms with Crippen molar-refractivity contribution in [2.75, 3.05) is 14.1 Å². The Bertz CT molecular complexity index is 904. The van der Waals surface area contributed by atoms with Crippen LogP contribution < -0.4 is 0 Å². The lowest BCUT2D eigenvalue weighted by molar-refractivity contribution is 0.0827. The molecule has 26 heavy (non-hydrogen) atoms. The average molecular weight is 387 g/mol. The van der Waals surface area contributed by atoms with E-state index in [-0.39, 0.29) is 5.91 Å². The molecule has 3 aromatic rings. The van der Waals surface area contributed by atoms with Gasteiger partial charge in [0.25, 0.3) is 5.91 Å². The number of carbonyl (C=O) groups is 1. The highest BCUT2D eigenvalue weighted by Crippen LogP contribution is 2.26. The summed E-state index contributed by atoms with van der Waals surface area (Å²) in [5, 5.41) is 10.1. The molecule has 134 valence electrons. The van der Waals surface area contributed by atoms with E-state index in [4.69, 9.17) is 11.6 Å². The smallest absolute Gasteiger partial charge is 0.253 e. The maximum absolute atomic E-state index is 11.9. The van der Waals surface area contributed by atoms with Gasteiger partial charge in [-0.1, -0.05) is 35.5 Å². The lowest BCUT2D eigenvalue weighted by atomic mass is 10.1. The first kappa shape index (κ1) is 18.5. The molecule has 0 unspecified atom stereocenters. The Morgan fingerprint density at radius 3 is 2.35 bits per heavy atom. The number of carbonyl (C=O) groups excluding carboxylic acids is 1. The third-order valence-corrected chi connectivity index (χ3v) is 5.26. The van der Waals surface area contributed by atoms with Gasteiger partial charge in [0.15, 0.2) is 11.0 Å².